The lowest BCUT2D eigenvalue weighted by atomic mass is 9.96. The Morgan fingerprint density at radius 3 is 2.48 bits per heavy atom. The maximum absolute atomic E-state index is 9.38. The summed E-state index contributed by atoms with van der Waals surface area (Å²) in [7, 11) is 4.26. The first-order chi connectivity index (χ1) is 9.90. The summed E-state index contributed by atoms with van der Waals surface area (Å²) in [6, 6.07) is 3.66. The predicted molar refractivity (Wildman–Crippen MR) is 89.3 cm³/mol. The third-order valence-electron chi connectivity index (χ3n) is 4.38. The van der Waals surface area contributed by atoms with Crippen LogP contribution in [0, 0.1) is 11.3 Å². The van der Waals surface area contributed by atoms with E-state index in [1.165, 1.54) is 19.3 Å². The lowest BCUT2D eigenvalue weighted by Crippen LogP contribution is -2.43. The van der Waals surface area contributed by atoms with Gasteiger partial charge in [-0.05, 0) is 73.1 Å². The highest BCUT2D eigenvalue weighted by molar-refractivity contribution is 5.06. The second-order valence-electron chi connectivity index (χ2n) is 7.06. The number of rotatable bonds is 11. The Labute approximate surface area is 131 Å². The number of hydrogen-bond acceptors (Lipinski definition) is 4. The summed E-state index contributed by atoms with van der Waals surface area (Å²) in [5.74, 6) is 0. The molecule has 2 atom stereocenters. The average molecular weight is 294 g/mol. The van der Waals surface area contributed by atoms with Crippen LogP contribution < -0.4 is 5.32 Å². The number of likely N-dealkylation sites (N-methyl/N-ethyl adjacent to an activating group) is 2. The van der Waals surface area contributed by atoms with Gasteiger partial charge < -0.3 is 4.90 Å². The Morgan fingerprint density at radius 1 is 1.33 bits per heavy atom. The van der Waals surface area contributed by atoms with Crippen LogP contribution in [-0.2, 0) is 0 Å². The molecule has 0 heterocycles. The highest BCUT2D eigenvalue weighted by Gasteiger charge is 2.31. The summed E-state index contributed by atoms with van der Waals surface area (Å²) in [4.78, 5) is 4.79. The molecule has 21 heavy (non-hydrogen) atoms. The first kappa shape index (κ1) is 18.4. The molecular weight excluding hydrogens is 260 g/mol. The van der Waals surface area contributed by atoms with E-state index in [1.54, 1.807) is 0 Å². The molecular formula is C17H34N4. The molecule has 0 aromatic rings. The van der Waals surface area contributed by atoms with E-state index in [0.29, 0.717) is 12.1 Å². The molecule has 0 aromatic heterocycles. The van der Waals surface area contributed by atoms with Crippen LogP contribution in [-0.4, -0.2) is 61.2 Å². The smallest absolute Gasteiger partial charge is 0.104 e. The fourth-order valence-corrected chi connectivity index (χ4v) is 2.97. The van der Waals surface area contributed by atoms with Gasteiger partial charge in [-0.2, -0.15) is 5.26 Å². The molecule has 1 aliphatic rings. The molecule has 0 bridgehead atoms. The quantitative estimate of drug-likeness (QED) is 0.594. The normalized spacial score (nSPS) is 19.5. The summed E-state index contributed by atoms with van der Waals surface area (Å²) < 4.78 is 0. The molecule has 0 amide bonds. The Kier molecular flexibility index (Phi) is 7.65. The van der Waals surface area contributed by atoms with Crippen molar-refractivity contribution in [1.82, 2.24) is 15.1 Å². The zero-order chi connectivity index (χ0) is 15.9. The molecule has 122 valence electrons. The van der Waals surface area contributed by atoms with Crippen molar-refractivity contribution in [1.29, 1.82) is 5.26 Å². The molecule has 1 aliphatic carbocycles. The fourth-order valence-electron chi connectivity index (χ4n) is 2.97. The molecule has 4 heteroatoms. The van der Waals surface area contributed by atoms with Crippen molar-refractivity contribution in [3.05, 3.63) is 0 Å². The third kappa shape index (κ3) is 7.26. The van der Waals surface area contributed by atoms with Gasteiger partial charge in [-0.15, -0.1) is 0 Å². The van der Waals surface area contributed by atoms with E-state index in [1.807, 2.05) is 0 Å². The minimum absolute atomic E-state index is 0.326. The predicted octanol–water partition coefficient (Wildman–Crippen LogP) is 2.46. The maximum Gasteiger partial charge on any atom is 0.104 e. The van der Waals surface area contributed by atoms with E-state index >= 15 is 0 Å². The van der Waals surface area contributed by atoms with Crippen molar-refractivity contribution in [2.45, 2.75) is 70.5 Å². The van der Waals surface area contributed by atoms with Crippen molar-refractivity contribution >= 4 is 0 Å². The first-order valence-corrected chi connectivity index (χ1v) is 8.48. The first-order valence-electron chi connectivity index (χ1n) is 8.48. The Bertz CT molecular complexity index is 332. The SMILES string of the molecule is CCN(CCCCC(C)(C#N)NC1CC1)C(C)CN(C)C. The molecule has 0 spiro atoms. The van der Waals surface area contributed by atoms with E-state index in [4.69, 9.17) is 0 Å². The van der Waals surface area contributed by atoms with Crippen molar-refractivity contribution in [2.75, 3.05) is 33.7 Å². The van der Waals surface area contributed by atoms with E-state index in [9.17, 15) is 5.26 Å². The van der Waals surface area contributed by atoms with Crippen LogP contribution in [0.2, 0.25) is 0 Å². The Balaban J connectivity index is 2.25. The maximum atomic E-state index is 9.38. The van der Waals surface area contributed by atoms with Gasteiger partial charge >= 0.3 is 0 Å². The van der Waals surface area contributed by atoms with Crippen LogP contribution in [0.15, 0.2) is 0 Å². The number of unbranched alkanes of at least 4 members (excludes halogenated alkanes) is 1. The second-order valence-corrected chi connectivity index (χ2v) is 7.06. The fraction of sp³-hybridized carbons (Fsp3) is 0.941. The summed E-state index contributed by atoms with van der Waals surface area (Å²) in [6.07, 6.45) is 5.73. The van der Waals surface area contributed by atoms with Crippen LogP contribution in [0.1, 0.15) is 52.9 Å². The van der Waals surface area contributed by atoms with Crippen LogP contribution in [0.25, 0.3) is 0 Å². The lowest BCUT2D eigenvalue weighted by molar-refractivity contribution is 0.177. The van der Waals surface area contributed by atoms with E-state index < -0.39 is 0 Å². The number of nitrogens with one attached hydrogen (secondary N) is 1. The third-order valence-corrected chi connectivity index (χ3v) is 4.38. The van der Waals surface area contributed by atoms with Crippen molar-refractivity contribution < 1.29 is 0 Å². The van der Waals surface area contributed by atoms with Crippen LogP contribution >= 0.6 is 0 Å². The molecule has 1 rings (SSSR count). The van der Waals surface area contributed by atoms with Gasteiger partial charge in [-0.1, -0.05) is 6.92 Å². The second kappa shape index (κ2) is 8.73. The van der Waals surface area contributed by atoms with Gasteiger partial charge in [0.2, 0.25) is 0 Å². The molecule has 0 radical (unpaired) electrons. The molecule has 0 aliphatic heterocycles. The zero-order valence-corrected chi connectivity index (χ0v) is 14.7. The van der Waals surface area contributed by atoms with Crippen molar-refractivity contribution in [2.24, 2.45) is 0 Å². The molecule has 0 aromatic carbocycles. The van der Waals surface area contributed by atoms with E-state index in [0.717, 1.165) is 32.5 Å². The molecule has 1 saturated carbocycles. The molecule has 1 N–H and O–H groups in total. The summed E-state index contributed by atoms with van der Waals surface area (Å²) in [5.41, 5.74) is -0.326. The molecule has 1 fully saturated rings. The van der Waals surface area contributed by atoms with Gasteiger partial charge in [0, 0.05) is 18.6 Å². The summed E-state index contributed by atoms with van der Waals surface area (Å²) in [6.45, 7) is 9.93. The highest BCUT2D eigenvalue weighted by atomic mass is 15.2. The molecule has 2 unspecified atom stereocenters. The Morgan fingerprint density at radius 2 is 2.00 bits per heavy atom. The van der Waals surface area contributed by atoms with Gasteiger partial charge in [0.15, 0.2) is 0 Å². The minimum atomic E-state index is -0.326. The van der Waals surface area contributed by atoms with Crippen LogP contribution in [0.5, 0.6) is 0 Å². The van der Waals surface area contributed by atoms with Crippen LogP contribution in [0.3, 0.4) is 0 Å². The average Bonchev–Trinajstić information content (AvgIpc) is 3.21. The lowest BCUT2D eigenvalue weighted by Gasteiger charge is -2.30. The summed E-state index contributed by atoms with van der Waals surface area (Å²) in [5, 5.41) is 12.9. The number of nitrogens with zero attached hydrogens (tertiary/aromatic N) is 3. The summed E-state index contributed by atoms with van der Waals surface area (Å²) >= 11 is 0. The minimum Gasteiger partial charge on any atom is -0.308 e. The van der Waals surface area contributed by atoms with Gasteiger partial charge in [-0.3, -0.25) is 10.2 Å². The van der Waals surface area contributed by atoms with E-state index in [2.05, 4.69) is 56.1 Å². The topological polar surface area (TPSA) is 42.3 Å². The zero-order valence-electron chi connectivity index (χ0n) is 14.7. The largest absolute Gasteiger partial charge is 0.308 e. The Hall–Kier alpha value is -0.630. The van der Waals surface area contributed by atoms with Gasteiger partial charge in [0.05, 0.1) is 6.07 Å². The standard InChI is InChI=1S/C17H34N4/c1-6-21(15(2)13-20(4)5)12-8-7-11-17(3,14-18)19-16-9-10-16/h15-16,19H,6-13H2,1-5H3. The van der Waals surface area contributed by atoms with Crippen molar-refractivity contribution in [3.63, 3.8) is 0 Å². The number of nitriles is 1. The molecule has 0 saturated heterocycles. The van der Waals surface area contributed by atoms with Gasteiger partial charge in [-0.25, -0.2) is 0 Å². The van der Waals surface area contributed by atoms with Crippen LogP contribution in [0.4, 0.5) is 0 Å². The molecule has 4 nitrogen and oxygen atoms in total. The highest BCUT2D eigenvalue weighted by Crippen LogP contribution is 2.24. The monoisotopic (exact) mass is 294 g/mol. The number of hydrogen-bond donors (Lipinski definition) is 1. The van der Waals surface area contributed by atoms with Crippen molar-refractivity contribution in [3.8, 4) is 6.07 Å². The van der Waals surface area contributed by atoms with E-state index in [-0.39, 0.29) is 5.54 Å². The van der Waals surface area contributed by atoms with Gasteiger partial charge in [0.1, 0.15) is 5.54 Å². The van der Waals surface area contributed by atoms with Gasteiger partial charge in [0.25, 0.3) is 0 Å².